The molecule has 0 fully saturated rings. The number of alkyl halides is 12. The van der Waals surface area contributed by atoms with Crippen LogP contribution >= 0.6 is 11.3 Å². The molecule has 1 aromatic carbocycles. The van der Waals surface area contributed by atoms with E-state index in [0.29, 0.717) is 16.9 Å². The zero-order chi connectivity index (χ0) is 25.6. The van der Waals surface area contributed by atoms with E-state index in [2.05, 4.69) is 4.98 Å². The second-order valence-corrected chi connectivity index (χ2v) is 7.44. The first kappa shape index (κ1) is 26.7. The summed E-state index contributed by atoms with van der Waals surface area (Å²) in [6.07, 6.45) is -5.62. The van der Waals surface area contributed by atoms with Gasteiger partial charge in [-0.3, -0.25) is 10.1 Å². The first-order valence-electron chi connectivity index (χ1n) is 8.32. The second-order valence-electron chi connectivity index (χ2n) is 6.58. The molecule has 0 saturated heterocycles. The van der Waals surface area contributed by atoms with Gasteiger partial charge in [0, 0.05) is 10.9 Å². The molecule has 0 spiro atoms. The first-order valence-corrected chi connectivity index (χ1v) is 9.20. The maximum Gasteiger partial charge on any atom is 0.393 e. The van der Waals surface area contributed by atoms with Crippen LogP contribution in [0.2, 0.25) is 0 Å². The van der Waals surface area contributed by atoms with Crippen molar-refractivity contribution >= 4 is 22.4 Å². The molecule has 2 rings (SSSR count). The molecule has 0 radical (unpaired) electrons. The highest BCUT2D eigenvalue weighted by Gasteiger charge is 2.89. The molecule has 1 heterocycles. The lowest BCUT2D eigenvalue weighted by atomic mass is 9.94. The Balaban J connectivity index is 2.33. The van der Waals surface area contributed by atoms with Gasteiger partial charge in [0.25, 0.3) is 0 Å². The number of carbonyl (C=O) groups is 1. The van der Waals surface area contributed by atoms with E-state index in [1.54, 1.807) is 19.1 Å². The molecule has 184 valence electrons. The molecule has 0 aliphatic heterocycles. The fraction of sp³-hybridized carbons (Fsp3) is 0.412. The number of rotatable bonds is 8. The van der Waals surface area contributed by atoms with Gasteiger partial charge in [0.05, 0.1) is 5.69 Å². The van der Waals surface area contributed by atoms with Crippen LogP contribution in [-0.2, 0) is 4.79 Å². The molecule has 0 atom stereocenters. The Morgan fingerprint density at radius 2 is 1.39 bits per heavy atom. The van der Waals surface area contributed by atoms with E-state index in [1.165, 1.54) is 12.1 Å². The highest BCUT2D eigenvalue weighted by Crippen LogP contribution is 2.58. The number of nitrogens with one attached hydrogen (secondary N) is 1. The smallest absolute Gasteiger partial charge is 0.296 e. The van der Waals surface area contributed by atoms with Crippen molar-refractivity contribution in [3.05, 3.63) is 35.2 Å². The van der Waals surface area contributed by atoms with E-state index in [1.807, 2.05) is 0 Å². The highest BCUT2D eigenvalue weighted by molar-refractivity contribution is 7.14. The number of aryl methyl sites for hydroxylation is 1. The van der Waals surface area contributed by atoms with E-state index in [4.69, 9.17) is 0 Å². The maximum atomic E-state index is 13.8. The van der Waals surface area contributed by atoms with E-state index in [-0.39, 0.29) is 5.69 Å². The van der Waals surface area contributed by atoms with Crippen molar-refractivity contribution in [1.29, 1.82) is 0 Å². The molecule has 0 unspecified atom stereocenters. The molecule has 0 bridgehead atoms. The largest absolute Gasteiger partial charge is 0.393 e. The summed E-state index contributed by atoms with van der Waals surface area (Å²) >= 11 is 0.349. The molecule has 0 aliphatic carbocycles. The van der Waals surface area contributed by atoms with Crippen molar-refractivity contribution in [3.63, 3.8) is 0 Å². The molecule has 2 aromatic rings. The number of benzene rings is 1. The van der Waals surface area contributed by atoms with Gasteiger partial charge in [0.2, 0.25) is 0 Å². The van der Waals surface area contributed by atoms with Crippen LogP contribution in [0.15, 0.2) is 29.6 Å². The maximum absolute atomic E-state index is 13.8. The van der Waals surface area contributed by atoms with Crippen LogP contribution in [0.4, 0.5) is 57.8 Å². The fourth-order valence-electron chi connectivity index (χ4n) is 2.25. The fourth-order valence-corrected chi connectivity index (χ4v) is 2.96. The number of thiazole rings is 1. The predicted octanol–water partition coefficient (Wildman–Crippen LogP) is 6.50. The predicted molar refractivity (Wildman–Crippen MR) is 91.7 cm³/mol. The number of hydrogen-bond donors (Lipinski definition) is 1. The SMILES string of the molecule is Cc1ccc(-c2csc(NC(=O)C(F)(F)C(F)(F)C(F)(F)C(F)(F)C(F)(F)C(F)F)n2)cc1. The number of hydrogen-bond acceptors (Lipinski definition) is 3. The Morgan fingerprint density at radius 1 is 0.879 bits per heavy atom. The van der Waals surface area contributed by atoms with Gasteiger partial charge in [0.1, 0.15) is 0 Å². The minimum absolute atomic E-state index is 0.0128. The summed E-state index contributed by atoms with van der Waals surface area (Å²) in [7, 11) is 0. The molecule has 0 saturated carbocycles. The van der Waals surface area contributed by atoms with Crippen LogP contribution in [-0.4, -0.2) is 46.9 Å². The summed E-state index contributed by atoms with van der Waals surface area (Å²) in [5.41, 5.74) is 1.17. The number of aromatic nitrogens is 1. The molecule has 1 N–H and O–H groups in total. The zero-order valence-electron chi connectivity index (χ0n) is 15.8. The standard InChI is InChI=1S/C17H10F12N2OS/c1-7-2-4-8(5-3-7)9-6-33-12(30-9)31-11(32)14(22,23)16(26,27)17(28,29)15(24,25)13(20,21)10(18)19/h2-6,10H,1H3,(H,30,31,32). The lowest BCUT2D eigenvalue weighted by Gasteiger charge is -2.38. The van der Waals surface area contributed by atoms with E-state index in [9.17, 15) is 57.5 Å². The van der Waals surface area contributed by atoms with Crippen LogP contribution in [0, 0.1) is 6.92 Å². The number of amides is 1. The lowest BCUT2D eigenvalue weighted by Crippen LogP contribution is -2.70. The Kier molecular flexibility index (Phi) is 6.77. The van der Waals surface area contributed by atoms with Crippen molar-refractivity contribution in [3.8, 4) is 11.3 Å². The van der Waals surface area contributed by atoms with E-state index >= 15 is 0 Å². The minimum Gasteiger partial charge on any atom is -0.296 e. The van der Waals surface area contributed by atoms with Gasteiger partial charge in [-0.15, -0.1) is 11.3 Å². The van der Waals surface area contributed by atoms with Crippen LogP contribution in [0.25, 0.3) is 11.3 Å². The monoisotopic (exact) mass is 518 g/mol. The van der Waals surface area contributed by atoms with Gasteiger partial charge >= 0.3 is 41.9 Å². The molecule has 16 heteroatoms. The lowest BCUT2D eigenvalue weighted by molar-refractivity contribution is -0.406. The summed E-state index contributed by atoms with van der Waals surface area (Å²) in [5, 5.41) is 1.26. The highest BCUT2D eigenvalue weighted by atomic mass is 32.1. The van der Waals surface area contributed by atoms with Gasteiger partial charge in [-0.1, -0.05) is 29.8 Å². The summed E-state index contributed by atoms with van der Waals surface area (Å²) in [6.45, 7) is 1.72. The van der Waals surface area contributed by atoms with E-state index < -0.39 is 47.1 Å². The molecule has 0 aliphatic rings. The molecular weight excluding hydrogens is 508 g/mol. The van der Waals surface area contributed by atoms with Crippen molar-refractivity contribution in [1.82, 2.24) is 4.98 Å². The van der Waals surface area contributed by atoms with Crippen molar-refractivity contribution in [2.24, 2.45) is 0 Å². The average molecular weight is 518 g/mol. The van der Waals surface area contributed by atoms with Crippen molar-refractivity contribution in [2.45, 2.75) is 43.0 Å². The molecular formula is C17H10F12N2OS. The van der Waals surface area contributed by atoms with Gasteiger partial charge in [0.15, 0.2) is 5.13 Å². The Labute approximate surface area is 180 Å². The third kappa shape index (κ3) is 4.24. The van der Waals surface area contributed by atoms with Crippen LogP contribution < -0.4 is 5.32 Å². The van der Waals surface area contributed by atoms with Gasteiger partial charge in [-0.05, 0) is 6.92 Å². The minimum atomic E-state index is -7.78. The van der Waals surface area contributed by atoms with E-state index in [0.717, 1.165) is 16.3 Å². The third-order valence-electron chi connectivity index (χ3n) is 4.23. The molecule has 1 aromatic heterocycles. The normalized spacial score (nSPS) is 14.0. The van der Waals surface area contributed by atoms with Crippen molar-refractivity contribution < 1.29 is 57.5 Å². The van der Waals surface area contributed by atoms with Crippen LogP contribution in [0.5, 0.6) is 0 Å². The third-order valence-corrected chi connectivity index (χ3v) is 4.99. The number of carbonyl (C=O) groups excluding carboxylic acids is 1. The van der Waals surface area contributed by atoms with Crippen LogP contribution in [0.3, 0.4) is 0 Å². The molecule has 3 nitrogen and oxygen atoms in total. The van der Waals surface area contributed by atoms with Gasteiger partial charge < -0.3 is 0 Å². The zero-order valence-corrected chi connectivity index (χ0v) is 16.6. The first-order chi connectivity index (χ1) is 14.8. The summed E-state index contributed by atoms with van der Waals surface area (Å²) in [6, 6.07) is 6.17. The number of anilines is 1. The van der Waals surface area contributed by atoms with Crippen molar-refractivity contribution in [2.75, 3.05) is 5.32 Å². The van der Waals surface area contributed by atoms with Gasteiger partial charge in [-0.2, -0.15) is 43.9 Å². The van der Waals surface area contributed by atoms with Gasteiger partial charge in [-0.25, -0.2) is 13.8 Å². The molecule has 33 heavy (non-hydrogen) atoms. The quantitative estimate of drug-likeness (QED) is 0.406. The summed E-state index contributed by atoms with van der Waals surface area (Å²) in [5.74, 6) is -40.2. The molecule has 1 amide bonds. The topological polar surface area (TPSA) is 42.0 Å². The number of nitrogens with zero attached hydrogens (tertiary/aromatic N) is 1. The summed E-state index contributed by atoms with van der Waals surface area (Å²) in [4.78, 5) is 15.1. The average Bonchev–Trinajstić information content (AvgIpc) is 3.16. The Bertz CT molecular complexity index is 1000. The van der Waals surface area contributed by atoms with Crippen LogP contribution in [0.1, 0.15) is 5.56 Å². The Hall–Kier alpha value is -2.52. The second kappa shape index (κ2) is 8.36. The number of halogens is 12. The Morgan fingerprint density at radius 3 is 1.88 bits per heavy atom. The summed E-state index contributed by atoms with van der Waals surface area (Å²) < 4.78 is 158.